The smallest absolute Gasteiger partial charge is 0.196 e. The van der Waals surface area contributed by atoms with Crippen molar-refractivity contribution in [1.29, 1.82) is 0 Å². The molecule has 0 spiro atoms. The maximum atomic E-state index is 12.5. The molecule has 0 heterocycles. The fourth-order valence-corrected chi connectivity index (χ4v) is 2.09. The van der Waals surface area contributed by atoms with Gasteiger partial charge >= 0.3 is 0 Å². The highest BCUT2D eigenvalue weighted by atomic mass is 35.5. The molecule has 0 fully saturated rings. The molecule has 0 aromatic heterocycles. The van der Waals surface area contributed by atoms with Gasteiger partial charge in [0.15, 0.2) is 5.78 Å². The summed E-state index contributed by atoms with van der Waals surface area (Å²) in [4.78, 5) is 12.5. The zero-order valence-corrected chi connectivity index (χ0v) is 12.0. The number of hydrogen-bond donors (Lipinski definition) is 0. The first-order valence-electron chi connectivity index (χ1n) is 6.70. The lowest BCUT2D eigenvalue weighted by Crippen LogP contribution is -2.06. The molecule has 0 saturated heterocycles. The van der Waals surface area contributed by atoms with Crippen LogP contribution in [0.15, 0.2) is 54.6 Å². The van der Waals surface area contributed by atoms with Crippen LogP contribution in [0.4, 0.5) is 0 Å². The number of alkyl halides is 1. The Kier molecular flexibility index (Phi) is 5.63. The van der Waals surface area contributed by atoms with Crippen molar-refractivity contribution < 1.29 is 9.53 Å². The molecule has 104 valence electrons. The number of ether oxygens (including phenoxy) is 1. The van der Waals surface area contributed by atoms with Crippen LogP contribution in [0.3, 0.4) is 0 Å². The van der Waals surface area contributed by atoms with E-state index >= 15 is 0 Å². The summed E-state index contributed by atoms with van der Waals surface area (Å²) in [5, 5.41) is 0. The standard InChI is InChI=1S/C17H17ClO2/c18-12-6-7-13-20-16-11-5-4-10-15(16)17(19)14-8-2-1-3-9-14/h1-5,8-11H,6-7,12-13H2. The monoisotopic (exact) mass is 288 g/mol. The highest BCUT2D eigenvalue weighted by Gasteiger charge is 2.13. The van der Waals surface area contributed by atoms with Crippen molar-refractivity contribution in [1.82, 2.24) is 0 Å². The van der Waals surface area contributed by atoms with Crippen LogP contribution in [0.25, 0.3) is 0 Å². The second-order valence-electron chi connectivity index (χ2n) is 4.44. The van der Waals surface area contributed by atoms with Crippen LogP contribution in [0.1, 0.15) is 28.8 Å². The lowest BCUT2D eigenvalue weighted by atomic mass is 10.0. The van der Waals surface area contributed by atoms with E-state index < -0.39 is 0 Å². The Labute approximate surface area is 124 Å². The minimum absolute atomic E-state index is 0.0152. The molecule has 0 bridgehead atoms. The number of benzene rings is 2. The molecule has 2 nitrogen and oxygen atoms in total. The number of rotatable bonds is 7. The summed E-state index contributed by atoms with van der Waals surface area (Å²) < 4.78 is 5.70. The molecule has 0 radical (unpaired) electrons. The summed E-state index contributed by atoms with van der Waals surface area (Å²) in [7, 11) is 0. The molecular formula is C17H17ClO2. The van der Waals surface area contributed by atoms with Crippen molar-refractivity contribution in [2.75, 3.05) is 12.5 Å². The molecule has 0 atom stereocenters. The van der Waals surface area contributed by atoms with E-state index in [1.165, 1.54) is 0 Å². The van der Waals surface area contributed by atoms with Gasteiger partial charge in [0.2, 0.25) is 0 Å². The van der Waals surface area contributed by atoms with Crippen molar-refractivity contribution in [2.45, 2.75) is 12.8 Å². The van der Waals surface area contributed by atoms with E-state index in [0.29, 0.717) is 29.4 Å². The molecule has 0 aliphatic rings. The van der Waals surface area contributed by atoms with E-state index in [0.717, 1.165) is 12.8 Å². The van der Waals surface area contributed by atoms with Crippen molar-refractivity contribution in [2.24, 2.45) is 0 Å². The van der Waals surface area contributed by atoms with Gasteiger partial charge < -0.3 is 4.74 Å². The Morgan fingerprint density at radius 2 is 1.65 bits per heavy atom. The number of carbonyl (C=O) groups is 1. The summed E-state index contributed by atoms with van der Waals surface area (Å²) >= 11 is 5.64. The number of hydrogen-bond acceptors (Lipinski definition) is 2. The largest absolute Gasteiger partial charge is 0.493 e. The third-order valence-electron chi connectivity index (χ3n) is 2.95. The lowest BCUT2D eigenvalue weighted by Gasteiger charge is -2.10. The van der Waals surface area contributed by atoms with Crippen LogP contribution < -0.4 is 4.74 Å². The van der Waals surface area contributed by atoms with Crippen LogP contribution in [-0.2, 0) is 0 Å². The molecule has 0 unspecified atom stereocenters. The van der Waals surface area contributed by atoms with Gasteiger partial charge in [-0.2, -0.15) is 0 Å². The van der Waals surface area contributed by atoms with Crippen molar-refractivity contribution in [3.8, 4) is 5.75 Å². The van der Waals surface area contributed by atoms with E-state index in [4.69, 9.17) is 16.3 Å². The molecule has 2 rings (SSSR count). The summed E-state index contributed by atoms with van der Waals surface area (Å²) in [6.45, 7) is 0.575. The van der Waals surface area contributed by atoms with E-state index in [9.17, 15) is 4.79 Å². The lowest BCUT2D eigenvalue weighted by molar-refractivity contribution is 0.103. The highest BCUT2D eigenvalue weighted by molar-refractivity contribution is 6.17. The maximum absolute atomic E-state index is 12.5. The first-order chi connectivity index (χ1) is 9.83. The third-order valence-corrected chi connectivity index (χ3v) is 3.22. The van der Waals surface area contributed by atoms with Crippen LogP contribution in [-0.4, -0.2) is 18.3 Å². The normalized spacial score (nSPS) is 10.2. The molecule has 0 aliphatic carbocycles. The number of unbranched alkanes of at least 4 members (excludes halogenated alkanes) is 1. The number of para-hydroxylation sites is 1. The topological polar surface area (TPSA) is 26.3 Å². The Morgan fingerprint density at radius 1 is 0.950 bits per heavy atom. The van der Waals surface area contributed by atoms with E-state index in [2.05, 4.69) is 0 Å². The van der Waals surface area contributed by atoms with Crippen molar-refractivity contribution in [3.63, 3.8) is 0 Å². The SMILES string of the molecule is O=C(c1ccccc1)c1ccccc1OCCCCCl. The van der Waals surface area contributed by atoms with Crippen LogP contribution in [0.2, 0.25) is 0 Å². The molecule has 0 aliphatic heterocycles. The number of halogens is 1. The zero-order valence-electron chi connectivity index (χ0n) is 11.2. The van der Waals surface area contributed by atoms with Crippen LogP contribution in [0, 0.1) is 0 Å². The minimum atomic E-state index is -0.0152. The Balaban J connectivity index is 2.13. The average Bonchev–Trinajstić information content (AvgIpc) is 2.52. The van der Waals surface area contributed by atoms with Gasteiger partial charge in [0.1, 0.15) is 5.75 Å². The summed E-state index contributed by atoms with van der Waals surface area (Å²) in [6, 6.07) is 16.6. The quantitative estimate of drug-likeness (QED) is 0.431. The summed E-state index contributed by atoms with van der Waals surface area (Å²) in [5.41, 5.74) is 1.27. The third kappa shape index (κ3) is 3.84. The second-order valence-corrected chi connectivity index (χ2v) is 4.81. The van der Waals surface area contributed by atoms with E-state index in [-0.39, 0.29) is 5.78 Å². The van der Waals surface area contributed by atoms with Gasteiger partial charge in [-0.05, 0) is 25.0 Å². The van der Waals surface area contributed by atoms with Crippen molar-refractivity contribution >= 4 is 17.4 Å². The first-order valence-corrected chi connectivity index (χ1v) is 7.24. The molecule has 0 amide bonds. The van der Waals surface area contributed by atoms with Gasteiger partial charge in [0.05, 0.1) is 12.2 Å². The fourth-order valence-electron chi connectivity index (χ4n) is 1.90. The summed E-state index contributed by atoms with van der Waals surface area (Å²) in [5.74, 6) is 1.25. The zero-order chi connectivity index (χ0) is 14.2. The Hall–Kier alpha value is -1.80. The Morgan fingerprint density at radius 3 is 2.40 bits per heavy atom. The van der Waals surface area contributed by atoms with E-state index in [1.807, 2.05) is 48.5 Å². The first kappa shape index (κ1) is 14.6. The predicted octanol–water partition coefficient (Wildman–Crippen LogP) is 4.32. The Bertz CT molecular complexity index is 552. The maximum Gasteiger partial charge on any atom is 0.196 e. The van der Waals surface area contributed by atoms with Crippen LogP contribution >= 0.6 is 11.6 Å². The van der Waals surface area contributed by atoms with Crippen molar-refractivity contribution in [3.05, 3.63) is 65.7 Å². The molecule has 0 N–H and O–H groups in total. The molecule has 20 heavy (non-hydrogen) atoms. The average molecular weight is 289 g/mol. The van der Waals surface area contributed by atoms with Gasteiger partial charge in [-0.3, -0.25) is 4.79 Å². The summed E-state index contributed by atoms with van der Waals surface area (Å²) in [6.07, 6.45) is 1.80. The molecule has 2 aromatic carbocycles. The molecule has 0 saturated carbocycles. The van der Waals surface area contributed by atoms with Gasteiger partial charge in [0.25, 0.3) is 0 Å². The second kappa shape index (κ2) is 7.71. The number of ketones is 1. The molecule has 3 heteroatoms. The highest BCUT2D eigenvalue weighted by Crippen LogP contribution is 2.21. The minimum Gasteiger partial charge on any atom is -0.493 e. The van der Waals surface area contributed by atoms with E-state index in [1.54, 1.807) is 6.07 Å². The fraction of sp³-hybridized carbons (Fsp3) is 0.235. The molecule has 2 aromatic rings. The predicted molar refractivity (Wildman–Crippen MR) is 81.8 cm³/mol. The van der Waals surface area contributed by atoms with Gasteiger partial charge in [-0.15, -0.1) is 11.6 Å². The number of carbonyl (C=O) groups excluding carboxylic acids is 1. The van der Waals surface area contributed by atoms with Gasteiger partial charge in [0, 0.05) is 11.4 Å². The van der Waals surface area contributed by atoms with Crippen LogP contribution in [0.5, 0.6) is 5.75 Å². The molecular weight excluding hydrogens is 272 g/mol. The van der Waals surface area contributed by atoms with Gasteiger partial charge in [-0.25, -0.2) is 0 Å². The van der Waals surface area contributed by atoms with Gasteiger partial charge in [-0.1, -0.05) is 42.5 Å².